The highest BCUT2D eigenvalue weighted by molar-refractivity contribution is 7.09. The van der Waals surface area contributed by atoms with Crippen molar-refractivity contribution in [3.05, 3.63) is 52.5 Å². The molecule has 2 amide bonds. The molecular formula is C16H17N3O3S. The summed E-state index contributed by atoms with van der Waals surface area (Å²) in [6, 6.07) is 9.33. The van der Waals surface area contributed by atoms with Gasteiger partial charge in [0.1, 0.15) is 17.7 Å². The maximum Gasteiger partial charge on any atom is 0.411 e. The minimum absolute atomic E-state index is 0.0847. The number of amides is 2. The van der Waals surface area contributed by atoms with Crippen molar-refractivity contribution in [1.29, 1.82) is 0 Å². The molecule has 2 aromatic rings. The zero-order valence-electron chi connectivity index (χ0n) is 12.5. The van der Waals surface area contributed by atoms with E-state index in [1.165, 1.54) is 16.2 Å². The lowest BCUT2D eigenvalue weighted by Gasteiger charge is -2.19. The fraction of sp³-hybridized carbons (Fsp3) is 0.312. The van der Waals surface area contributed by atoms with E-state index in [1.807, 2.05) is 35.7 Å². The van der Waals surface area contributed by atoms with Crippen LogP contribution < -0.4 is 5.32 Å². The highest BCUT2D eigenvalue weighted by atomic mass is 32.1. The monoisotopic (exact) mass is 331 g/mol. The molecule has 0 saturated carbocycles. The Kier molecular flexibility index (Phi) is 4.87. The van der Waals surface area contributed by atoms with Crippen LogP contribution in [0.3, 0.4) is 0 Å². The van der Waals surface area contributed by atoms with Crippen LogP contribution in [0.1, 0.15) is 10.6 Å². The van der Waals surface area contributed by atoms with Crippen molar-refractivity contribution in [2.45, 2.75) is 19.0 Å². The van der Waals surface area contributed by atoms with Gasteiger partial charge in [0.25, 0.3) is 0 Å². The molecule has 0 aliphatic carbocycles. The number of thiazole rings is 1. The highest BCUT2D eigenvalue weighted by Gasteiger charge is 2.38. The van der Waals surface area contributed by atoms with Crippen LogP contribution in [0.4, 0.5) is 4.79 Å². The predicted octanol–water partition coefficient (Wildman–Crippen LogP) is 1.82. The molecule has 1 aliphatic rings. The fourth-order valence-electron chi connectivity index (χ4n) is 2.41. The van der Waals surface area contributed by atoms with E-state index in [-0.39, 0.29) is 12.5 Å². The Bertz CT molecular complexity index is 660. The van der Waals surface area contributed by atoms with E-state index in [4.69, 9.17) is 4.74 Å². The van der Waals surface area contributed by atoms with Crippen LogP contribution in [-0.2, 0) is 22.5 Å². The second-order valence-corrected chi connectivity index (χ2v) is 6.15. The minimum atomic E-state index is -0.595. The van der Waals surface area contributed by atoms with Gasteiger partial charge in [0.2, 0.25) is 5.91 Å². The van der Waals surface area contributed by atoms with Crippen molar-refractivity contribution >= 4 is 23.3 Å². The number of rotatable bonds is 6. The van der Waals surface area contributed by atoms with Gasteiger partial charge in [0, 0.05) is 18.1 Å². The summed E-state index contributed by atoms with van der Waals surface area (Å²) < 4.78 is 5.02. The van der Waals surface area contributed by atoms with Gasteiger partial charge >= 0.3 is 6.09 Å². The van der Waals surface area contributed by atoms with E-state index < -0.39 is 12.1 Å². The van der Waals surface area contributed by atoms with Crippen LogP contribution in [0.5, 0.6) is 0 Å². The molecule has 6 nitrogen and oxygen atoms in total. The third kappa shape index (κ3) is 3.87. The zero-order chi connectivity index (χ0) is 16.1. The third-order valence-corrected chi connectivity index (χ3v) is 4.39. The van der Waals surface area contributed by atoms with Gasteiger partial charge in [-0.1, -0.05) is 30.3 Å². The molecule has 1 aromatic heterocycles. The quantitative estimate of drug-likeness (QED) is 0.876. The highest BCUT2D eigenvalue weighted by Crippen LogP contribution is 2.18. The fourth-order valence-corrected chi connectivity index (χ4v) is 3.03. The van der Waals surface area contributed by atoms with Crippen LogP contribution >= 0.6 is 11.3 Å². The van der Waals surface area contributed by atoms with Gasteiger partial charge in [0.05, 0.1) is 6.54 Å². The van der Waals surface area contributed by atoms with Crippen LogP contribution in [0.15, 0.2) is 41.9 Å². The summed E-state index contributed by atoms with van der Waals surface area (Å²) in [6.07, 6.45) is 1.96. The first-order valence-electron chi connectivity index (χ1n) is 7.37. The average molecular weight is 331 g/mol. The Morgan fingerprint density at radius 3 is 2.96 bits per heavy atom. The molecule has 0 spiro atoms. The van der Waals surface area contributed by atoms with E-state index in [0.717, 1.165) is 17.0 Å². The molecule has 3 rings (SSSR count). The first-order valence-corrected chi connectivity index (χ1v) is 8.25. The molecule has 23 heavy (non-hydrogen) atoms. The molecule has 0 unspecified atom stereocenters. The topological polar surface area (TPSA) is 71.5 Å². The number of carbonyl (C=O) groups excluding carboxylic acids is 2. The molecule has 1 atom stereocenters. The number of cyclic esters (lactones) is 1. The summed E-state index contributed by atoms with van der Waals surface area (Å²) in [7, 11) is 0. The average Bonchev–Trinajstić information content (AvgIpc) is 3.20. The van der Waals surface area contributed by atoms with Gasteiger partial charge in [-0.2, -0.15) is 0 Å². The summed E-state index contributed by atoms with van der Waals surface area (Å²) in [5.41, 5.74) is 1.16. The van der Waals surface area contributed by atoms with E-state index in [1.54, 1.807) is 6.20 Å². The summed E-state index contributed by atoms with van der Waals surface area (Å²) in [4.78, 5) is 29.7. The molecule has 120 valence electrons. The molecular weight excluding hydrogens is 314 g/mol. The van der Waals surface area contributed by atoms with Crippen molar-refractivity contribution < 1.29 is 14.3 Å². The van der Waals surface area contributed by atoms with E-state index in [0.29, 0.717) is 13.1 Å². The second kappa shape index (κ2) is 7.23. The van der Waals surface area contributed by atoms with Crippen molar-refractivity contribution in [1.82, 2.24) is 15.2 Å². The standard InChI is InChI=1S/C16H17N3O3S/c20-15(18-7-6-12-4-2-1-3-5-12)13-11-22-16(21)19(13)10-14-17-8-9-23-14/h1-5,8-9,13H,6-7,10-11H2,(H,18,20)/t13-/m0/s1. The first-order chi connectivity index (χ1) is 11.2. The summed E-state index contributed by atoms with van der Waals surface area (Å²) in [5.74, 6) is -0.191. The van der Waals surface area contributed by atoms with Crippen LogP contribution in [-0.4, -0.2) is 41.1 Å². The lowest BCUT2D eigenvalue weighted by Crippen LogP contribution is -2.45. The van der Waals surface area contributed by atoms with Crippen LogP contribution in [0.2, 0.25) is 0 Å². The van der Waals surface area contributed by atoms with Gasteiger partial charge in [-0.3, -0.25) is 9.69 Å². The molecule has 1 aliphatic heterocycles. The van der Waals surface area contributed by atoms with Crippen molar-refractivity contribution in [2.75, 3.05) is 13.2 Å². The number of hydrogen-bond acceptors (Lipinski definition) is 5. The van der Waals surface area contributed by atoms with E-state index in [9.17, 15) is 9.59 Å². The lowest BCUT2D eigenvalue weighted by molar-refractivity contribution is -0.124. The van der Waals surface area contributed by atoms with E-state index >= 15 is 0 Å². The summed E-state index contributed by atoms with van der Waals surface area (Å²) in [5, 5.41) is 5.50. The number of benzene rings is 1. The number of ether oxygens (including phenoxy) is 1. The number of nitrogens with one attached hydrogen (secondary N) is 1. The molecule has 2 heterocycles. The minimum Gasteiger partial charge on any atom is -0.447 e. The molecule has 7 heteroatoms. The second-order valence-electron chi connectivity index (χ2n) is 5.17. The molecule has 1 saturated heterocycles. The Morgan fingerprint density at radius 1 is 1.39 bits per heavy atom. The molecule has 0 radical (unpaired) electrons. The summed E-state index contributed by atoms with van der Waals surface area (Å²) >= 11 is 1.45. The lowest BCUT2D eigenvalue weighted by atomic mass is 10.1. The van der Waals surface area contributed by atoms with Crippen molar-refractivity contribution in [3.63, 3.8) is 0 Å². The molecule has 1 N–H and O–H groups in total. The smallest absolute Gasteiger partial charge is 0.411 e. The van der Waals surface area contributed by atoms with Gasteiger partial charge in [-0.25, -0.2) is 9.78 Å². The Labute approximate surface area is 138 Å². The number of aromatic nitrogens is 1. The largest absolute Gasteiger partial charge is 0.447 e. The third-order valence-electron chi connectivity index (χ3n) is 3.62. The predicted molar refractivity (Wildman–Crippen MR) is 85.9 cm³/mol. The Morgan fingerprint density at radius 2 is 2.22 bits per heavy atom. The van der Waals surface area contributed by atoms with Crippen LogP contribution in [0, 0.1) is 0 Å². The number of carbonyl (C=O) groups is 2. The Hall–Kier alpha value is -2.41. The normalized spacial score (nSPS) is 17.1. The van der Waals surface area contributed by atoms with E-state index in [2.05, 4.69) is 10.3 Å². The van der Waals surface area contributed by atoms with Crippen molar-refractivity contribution in [3.8, 4) is 0 Å². The number of hydrogen-bond donors (Lipinski definition) is 1. The van der Waals surface area contributed by atoms with Gasteiger partial charge < -0.3 is 10.1 Å². The maximum absolute atomic E-state index is 12.3. The SMILES string of the molecule is O=C(NCCc1ccccc1)[C@@H]1COC(=O)N1Cc1nccs1. The Balaban J connectivity index is 1.54. The van der Waals surface area contributed by atoms with Gasteiger partial charge in [-0.15, -0.1) is 11.3 Å². The van der Waals surface area contributed by atoms with Gasteiger partial charge in [-0.05, 0) is 12.0 Å². The maximum atomic E-state index is 12.3. The molecule has 0 bridgehead atoms. The van der Waals surface area contributed by atoms with Crippen LogP contribution in [0.25, 0.3) is 0 Å². The molecule has 1 fully saturated rings. The van der Waals surface area contributed by atoms with Crippen molar-refractivity contribution in [2.24, 2.45) is 0 Å². The number of nitrogens with zero attached hydrogens (tertiary/aromatic N) is 2. The zero-order valence-corrected chi connectivity index (χ0v) is 13.3. The summed E-state index contributed by atoms with van der Waals surface area (Å²) in [6.45, 7) is 0.910. The molecule has 1 aromatic carbocycles. The van der Waals surface area contributed by atoms with Gasteiger partial charge in [0.15, 0.2) is 0 Å². The first kappa shape index (κ1) is 15.5.